The Bertz CT molecular complexity index is 1270. The summed E-state index contributed by atoms with van der Waals surface area (Å²) in [5.41, 5.74) is 1.14. The first kappa shape index (κ1) is 25.2. The molecule has 1 N–H and O–H groups in total. The molecule has 7 heteroatoms. The van der Waals surface area contributed by atoms with Crippen LogP contribution in [0, 0.1) is 18.6 Å². The predicted octanol–water partition coefficient (Wildman–Crippen LogP) is 7.18. The normalized spacial score (nSPS) is 18.7. The van der Waals surface area contributed by atoms with Crippen molar-refractivity contribution in [1.82, 2.24) is 4.90 Å². The lowest BCUT2D eigenvalue weighted by molar-refractivity contribution is -0.131. The summed E-state index contributed by atoms with van der Waals surface area (Å²) in [6.07, 6.45) is 2.61. The molecule has 184 valence electrons. The van der Waals surface area contributed by atoms with Gasteiger partial charge in [-0.3, -0.25) is 4.90 Å². The van der Waals surface area contributed by atoms with Crippen LogP contribution in [-0.4, -0.2) is 34.2 Å². The molecule has 0 radical (unpaired) electrons. The number of thiophene rings is 1. The fourth-order valence-electron chi connectivity index (χ4n) is 4.79. The molecule has 2 heterocycles. The third-order valence-corrected chi connectivity index (χ3v) is 7.28. The highest BCUT2D eigenvalue weighted by molar-refractivity contribution is 7.15. The largest absolute Gasteiger partial charge is 0.478 e. The fraction of sp³-hybridized carbons (Fsp3) is 0.321. The summed E-state index contributed by atoms with van der Waals surface area (Å²) in [7, 11) is 0. The Morgan fingerprint density at radius 3 is 2.43 bits per heavy atom. The molecule has 0 bridgehead atoms. The van der Waals surface area contributed by atoms with Crippen molar-refractivity contribution in [3.05, 3.63) is 87.3 Å². The van der Waals surface area contributed by atoms with E-state index >= 15 is 8.78 Å². The average molecular weight is 500 g/mol. The molecule has 1 aromatic heterocycles. The Morgan fingerprint density at radius 1 is 1.17 bits per heavy atom. The molecule has 2 aromatic carbocycles. The minimum absolute atomic E-state index is 0.00366. The van der Waals surface area contributed by atoms with E-state index in [1.54, 1.807) is 11.3 Å². The molecule has 2 unspecified atom stereocenters. The number of aryl methyl sites for hydroxylation is 1. The van der Waals surface area contributed by atoms with Crippen molar-refractivity contribution >= 4 is 23.4 Å². The standard InChI is InChI=1S/C28H28F3NO2S/c1-16-11-20-14-19(24-9-5-17(2)35-24)7-8-21(20)27(32(16)15-28(3,4)31)26-22(29)12-18(13-23(26)30)6-10-25(33)34/h5-10,12-14,16,27H,11,15H2,1-4H3,(H,33,34)/b10-6+. The van der Waals surface area contributed by atoms with Crippen LogP contribution >= 0.6 is 11.3 Å². The Kier molecular flexibility index (Phi) is 6.93. The Balaban J connectivity index is 1.86. The number of carboxylic acid groups (broad SMARTS) is 1. The number of fused-ring (bicyclic) bond motifs is 1. The average Bonchev–Trinajstić information content (AvgIpc) is 3.19. The fourth-order valence-corrected chi connectivity index (χ4v) is 5.66. The van der Waals surface area contributed by atoms with E-state index in [0.717, 1.165) is 45.9 Å². The number of hydrogen-bond acceptors (Lipinski definition) is 3. The first-order chi connectivity index (χ1) is 16.4. The van der Waals surface area contributed by atoms with Crippen LogP contribution in [0.5, 0.6) is 0 Å². The molecule has 0 amide bonds. The second kappa shape index (κ2) is 9.63. The zero-order valence-corrected chi connectivity index (χ0v) is 20.9. The van der Waals surface area contributed by atoms with Crippen LogP contribution in [-0.2, 0) is 11.2 Å². The number of benzene rings is 2. The lowest BCUT2D eigenvalue weighted by atomic mass is 9.82. The van der Waals surface area contributed by atoms with E-state index < -0.39 is 29.3 Å². The highest BCUT2D eigenvalue weighted by Crippen LogP contribution is 2.43. The van der Waals surface area contributed by atoms with E-state index in [-0.39, 0.29) is 23.7 Å². The van der Waals surface area contributed by atoms with Gasteiger partial charge in [0.25, 0.3) is 0 Å². The summed E-state index contributed by atoms with van der Waals surface area (Å²) in [5, 5.41) is 8.84. The Hall–Kier alpha value is -2.90. The number of halogens is 3. The van der Waals surface area contributed by atoms with Gasteiger partial charge in [-0.1, -0.05) is 12.1 Å². The lowest BCUT2D eigenvalue weighted by Crippen LogP contribution is -2.48. The molecular weight excluding hydrogens is 471 g/mol. The molecule has 1 aliphatic heterocycles. The van der Waals surface area contributed by atoms with Crippen molar-refractivity contribution in [2.24, 2.45) is 0 Å². The number of carbonyl (C=O) groups is 1. The van der Waals surface area contributed by atoms with Gasteiger partial charge in [0.1, 0.15) is 17.3 Å². The van der Waals surface area contributed by atoms with Crippen LogP contribution in [0.4, 0.5) is 13.2 Å². The molecule has 0 fully saturated rings. The Morgan fingerprint density at radius 2 is 1.86 bits per heavy atom. The minimum Gasteiger partial charge on any atom is -0.478 e. The first-order valence-electron chi connectivity index (χ1n) is 11.5. The quantitative estimate of drug-likeness (QED) is 0.365. The van der Waals surface area contributed by atoms with Gasteiger partial charge in [0, 0.05) is 34.0 Å². The topological polar surface area (TPSA) is 40.5 Å². The van der Waals surface area contributed by atoms with Gasteiger partial charge in [-0.2, -0.15) is 0 Å². The van der Waals surface area contributed by atoms with Crippen molar-refractivity contribution in [3.63, 3.8) is 0 Å². The van der Waals surface area contributed by atoms with Gasteiger partial charge in [0.05, 0.1) is 6.04 Å². The van der Waals surface area contributed by atoms with Crippen LogP contribution in [0.2, 0.25) is 0 Å². The van der Waals surface area contributed by atoms with E-state index in [4.69, 9.17) is 5.11 Å². The number of alkyl halides is 1. The van der Waals surface area contributed by atoms with Crippen molar-refractivity contribution in [3.8, 4) is 10.4 Å². The smallest absolute Gasteiger partial charge is 0.328 e. The van der Waals surface area contributed by atoms with Crippen LogP contribution in [0.25, 0.3) is 16.5 Å². The molecule has 0 saturated carbocycles. The molecule has 3 nitrogen and oxygen atoms in total. The summed E-state index contributed by atoms with van der Waals surface area (Å²) in [4.78, 5) is 15.0. The lowest BCUT2D eigenvalue weighted by Gasteiger charge is -2.44. The zero-order chi connectivity index (χ0) is 25.5. The number of carboxylic acids is 1. The summed E-state index contributed by atoms with van der Waals surface area (Å²) >= 11 is 1.68. The highest BCUT2D eigenvalue weighted by atomic mass is 32.1. The van der Waals surface area contributed by atoms with Crippen LogP contribution in [0.15, 0.2) is 48.5 Å². The number of hydrogen-bond donors (Lipinski definition) is 1. The van der Waals surface area contributed by atoms with Crippen molar-refractivity contribution in [2.75, 3.05) is 6.54 Å². The first-order valence-corrected chi connectivity index (χ1v) is 12.3. The van der Waals surface area contributed by atoms with E-state index in [1.165, 1.54) is 18.7 Å². The summed E-state index contributed by atoms with van der Waals surface area (Å²) in [6, 6.07) is 11.3. The van der Waals surface area contributed by atoms with E-state index in [0.29, 0.717) is 6.42 Å². The minimum atomic E-state index is -1.57. The maximum absolute atomic E-state index is 15.5. The van der Waals surface area contributed by atoms with Crippen LogP contribution in [0.1, 0.15) is 53.9 Å². The molecule has 0 spiro atoms. The molecule has 0 aliphatic carbocycles. The van der Waals surface area contributed by atoms with E-state index in [1.807, 2.05) is 30.9 Å². The van der Waals surface area contributed by atoms with E-state index in [9.17, 15) is 9.18 Å². The molecule has 1 aliphatic rings. The second-order valence-corrected chi connectivity index (χ2v) is 11.0. The SMILES string of the molecule is Cc1ccc(-c2ccc3c(c2)CC(C)N(CC(C)(C)F)C3c2c(F)cc(/C=C/C(=O)O)cc2F)s1. The van der Waals surface area contributed by atoms with Gasteiger partial charge < -0.3 is 5.11 Å². The Labute approximate surface area is 207 Å². The van der Waals surface area contributed by atoms with E-state index in [2.05, 4.69) is 18.2 Å². The van der Waals surface area contributed by atoms with Gasteiger partial charge in [-0.25, -0.2) is 18.0 Å². The number of aliphatic carboxylic acids is 1. The molecule has 2 atom stereocenters. The highest BCUT2D eigenvalue weighted by Gasteiger charge is 2.39. The number of rotatable bonds is 6. The maximum atomic E-state index is 15.5. The maximum Gasteiger partial charge on any atom is 0.328 e. The summed E-state index contributed by atoms with van der Waals surface area (Å²) in [6.45, 7) is 6.91. The van der Waals surface area contributed by atoms with Gasteiger partial charge in [-0.15, -0.1) is 11.3 Å². The monoisotopic (exact) mass is 499 g/mol. The van der Waals surface area contributed by atoms with Gasteiger partial charge >= 0.3 is 5.97 Å². The third kappa shape index (κ3) is 5.52. The van der Waals surface area contributed by atoms with Gasteiger partial charge in [-0.05, 0) is 92.8 Å². The molecule has 0 saturated heterocycles. The number of nitrogens with zero attached hydrogens (tertiary/aromatic N) is 1. The van der Waals surface area contributed by atoms with Crippen molar-refractivity contribution < 1.29 is 23.1 Å². The summed E-state index contributed by atoms with van der Waals surface area (Å²) < 4.78 is 45.8. The second-order valence-electron chi connectivity index (χ2n) is 9.74. The van der Waals surface area contributed by atoms with Crippen LogP contribution in [0.3, 0.4) is 0 Å². The molecule has 35 heavy (non-hydrogen) atoms. The van der Waals surface area contributed by atoms with Crippen molar-refractivity contribution in [2.45, 2.75) is 51.9 Å². The zero-order valence-electron chi connectivity index (χ0n) is 20.1. The summed E-state index contributed by atoms with van der Waals surface area (Å²) in [5.74, 6) is -2.79. The molecule has 3 aromatic rings. The molecule has 4 rings (SSSR count). The van der Waals surface area contributed by atoms with Crippen LogP contribution < -0.4 is 0 Å². The molecular formula is C28H28F3NO2S. The third-order valence-electron chi connectivity index (χ3n) is 6.23. The van der Waals surface area contributed by atoms with Gasteiger partial charge in [0.15, 0.2) is 0 Å². The van der Waals surface area contributed by atoms with Crippen molar-refractivity contribution in [1.29, 1.82) is 0 Å². The predicted molar refractivity (Wildman–Crippen MR) is 134 cm³/mol. The van der Waals surface area contributed by atoms with Gasteiger partial charge in [0.2, 0.25) is 0 Å².